The second-order valence-corrected chi connectivity index (χ2v) is 6.19. The monoisotopic (exact) mass is 287 g/mol. The second kappa shape index (κ2) is 5.15. The van der Waals surface area contributed by atoms with Crippen molar-refractivity contribution in [2.75, 3.05) is 23.7 Å². The fourth-order valence-electron chi connectivity index (χ4n) is 3.98. The Morgan fingerprint density at radius 3 is 3.05 bits per heavy atom. The molecule has 3 atom stereocenters. The van der Waals surface area contributed by atoms with Crippen LogP contribution in [0.2, 0.25) is 0 Å². The zero-order valence-electron chi connectivity index (χ0n) is 12.3. The normalized spacial score (nSPS) is 31.8. The number of rotatable bonds is 2. The van der Waals surface area contributed by atoms with E-state index in [0.29, 0.717) is 17.3 Å². The third kappa shape index (κ3) is 2.22. The zero-order chi connectivity index (χ0) is 15.0. The van der Waals surface area contributed by atoms with Crippen molar-refractivity contribution in [3.05, 3.63) is 11.9 Å². The molecule has 1 saturated heterocycles. The molecule has 0 unspecified atom stereocenters. The third-order valence-electron chi connectivity index (χ3n) is 5.20. The van der Waals surface area contributed by atoms with Crippen molar-refractivity contribution < 1.29 is 5.11 Å². The van der Waals surface area contributed by atoms with Crippen molar-refractivity contribution in [1.82, 2.24) is 9.97 Å². The summed E-state index contributed by atoms with van der Waals surface area (Å²) < 4.78 is 0. The van der Waals surface area contributed by atoms with Crippen molar-refractivity contribution >= 4 is 11.6 Å². The first kappa shape index (κ1) is 14.1. The summed E-state index contributed by atoms with van der Waals surface area (Å²) in [6.45, 7) is 3.62. The molecule has 3 N–H and O–H groups in total. The summed E-state index contributed by atoms with van der Waals surface area (Å²) in [6, 6.07) is 2.10. The van der Waals surface area contributed by atoms with Gasteiger partial charge >= 0.3 is 0 Å². The number of nitrogen functional groups attached to an aromatic ring is 1. The molecule has 21 heavy (non-hydrogen) atoms. The van der Waals surface area contributed by atoms with Crippen LogP contribution in [0.1, 0.15) is 38.2 Å². The van der Waals surface area contributed by atoms with E-state index in [1.165, 1.54) is 6.33 Å². The number of aromatic nitrogens is 2. The van der Waals surface area contributed by atoms with Crippen molar-refractivity contribution in [1.29, 1.82) is 5.26 Å². The van der Waals surface area contributed by atoms with Gasteiger partial charge in [0.2, 0.25) is 0 Å². The number of hydrogen-bond donors (Lipinski definition) is 2. The molecule has 1 aromatic heterocycles. The van der Waals surface area contributed by atoms with Gasteiger partial charge in [-0.2, -0.15) is 5.26 Å². The molecular formula is C15H21N5O. The van der Waals surface area contributed by atoms with E-state index in [0.717, 1.165) is 38.8 Å². The highest BCUT2D eigenvalue weighted by Crippen LogP contribution is 2.45. The topological polar surface area (TPSA) is 99.1 Å². The van der Waals surface area contributed by atoms with Crippen LogP contribution >= 0.6 is 0 Å². The van der Waals surface area contributed by atoms with Crippen LogP contribution in [0.3, 0.4) is 0 Å². The van der Waals surface area contributed by atoms with Crippen LogP contribution in [0, 0.1) is 23.2 Å². The lowest BCUT2D eigenvalue weighted by molar-refractivity contribution is -0.0597. The number of nitrogens with zero attached hydrogens (tertiary/aromatic N) is 4. The van der Waals surface area contributed by atoms with Gasteiger partial charge in [0.15, 0.2) is 5.82 Å². The van der Waals surface area contributed by atoms with Gasteiger partial charge in [-0.25, -0.2) is 9.97 Å². The number of nitrogens with two attached hydrogens (primary N) is 1. The van der Waals surface area contributed by atoms with Crippen LogP contribution < -0.4 is 10.6 Å². The smallest absolute Gasteiger partial charge is 0.152 e. The largest absolute Gasteiger partial charge is 0.390 e. The van der Waals surface area contributed by atoms with Crippen molar-refractivity contribution in [3.63, 3.8) is 0 Å². The molecule has 0 bridgehead atoms. The van der Waals surface area contributed by atoms with Crippen molar-refractivity contribution in [3.8, 4) is 6.07 Å². The quantitative estimate of drug-likeness (QED) is 0.850. The number of aliphatic hydroxyl groups is 1. The number of hydrogen-bond acceptors (Lipinski definition) is 6. The average molecular weight is 287 g/mol. The van der Waals surface area contributed by atoms with E-state index in [9.17, 15) is 10.4 Å². The molecule has 2 fully saturated rings. The number of anilines is 2. The lowest BCUT2D eigenvalue weighted by Gasteiger charge is -2.40. The minimum atomic E-state index is -0.580. The Morgan fingerprint density at radius 2 is 2.33 bits per heavy atom. The predicted molar refractivity (Wildman–Crippen MR) is 79.4 cm³/mol. The van der Waals surface area contributed by atoms with Gasteiger partial charge < -0.3 is 15.7 Å². The van der Waals surface area contributed by atoms with Crippen LogP contribution in [0.15, 0.2) is 6.33 Å². The predicted octanol–water partition coefficient (Wildman–Crippen LogP) is 1.31. The van der Waals surface area contributed by atoms with E-state index in [2.05, 4.69) is 27.9 Å². The summed E-state index contributed by atoms with van der Waals surface area (Å²) in [7, 11) is 0. The maximum Gasteiger partial charge on any atom is 0.152 e. The summed E-state index contributed by atoms with van der Waals surface area (Å²) in [5.41, 5.74) is 5.54. The highest BCUT2D eigenvalue weighted by atomic mass is 16.3. The molecule has 2 heterocycles. The van der Waals surface area contributed by atoms with Crippen LogP contribution in [0.25, 0.3) is 0 Å². The highest BCUT2D eigenvalue weighted by molar-refractivity contribution is 5.63. The number of fused-ring (bicyclic) bond motifs is 1. The summed E-state index contributed by atoms with van der Waals surface area (Å²) in [5, 5.41) is 20.1. The molecule has 112 valence electrons. The second-order valence-electron chi connectivity index (χ2n) is 6.19. The van der Waals surface area contributed by atoms with E-state index < -0.39 is 5.60 Å². The van der Waals surface area contributed by atoms with Gasteiger partial charge in [-0.05, 0) is 25.2 Å². The summed E-state index contributed by atoms with van der Waals surface area (Å²) in [4.78, 5) is 10.2. The molecule has 1 aliphatic carbocycles. The Morgan fingerprint density at radius 1 is 1.52 bits per heavy atom. The van der Waals surface area contributed by atoms with E-state index in [4.69, 9.17) is 5.73 Å². The van der Waals surface area contributed by atoms with Crippen molar-refractivity contribution in [2.24, 2.45) is 11.8 Å². The first-order chi connectivity index (χ1) is 10.1. The molecule has 0 amide bonds. The molecule has 1 saturated carbocycles. The van der Waals surface area contributed by atoms with E-state index in [1.807, 2.05) is 0 Å². The number of nitriles is 1. The van der Waals surface area contributed by atoms with Gasteiger partial charge in [-0.3, -0.25) is 0 Å². The lowest BCUT2D eigenvalue weighted by atomic mass is 9.69. The fraction of sp³-hybridized carbons (Fsp3) is 0.667. The summed E-state index contributed by atoms with van der Waals surface area (Å²) in [5.74, 6) is 1.55. The molecule has 0 aromatic carbocycles. The highest BCUT2D eigenvalue weighted by Gasteiger charge is 2.48. The van der Waals surface area contributed by atoms with Gasteiger partial charge in [-0.1, -0.05) is 13.3 Å². The molecule has 0 spiro atoms. The van der Waals surface area contributed by atoms with E-state index in [-0.39, 0.29) is 11.7 Å². The SMILES string of the molecule is CC[C@]1(O)CCC[C@H]2CN(c3ncnc(N)c3C#N)C[C@H]21. The Balaban J connectivity index is 1.91. The first-order valence-corrected chi connectivity index (χ1v) is 7.57. The van der Waals surface area contributed by atoms with E-state index >= 15 is 0 Å². The van der Waals surface area contributed by atoms with Gasteiger partial charge in [0, 0.05) is 19.0 Å². The standard InChI is InChI=1S/C15H21N5O/c1-2-15(21)5-3-4-10-7-20(8-12(10)15)14-11(6-16)13(17)18-9-19-14/h9-10,12,21H,2-5,7-8H2,1H3,(H2,17,18,19)/t10-,12+,15-/m0/s1. The molecular weight excluding hydrogens is 266 g/mol. The van der Waals surface area contributed by atoms with Crippen LogP contribution in [0.5, 0.6) is 0 Å². The van der Waals surface area contributed by atoms with Crippen LogP contribution in [0.4, 0.5) is 11.6 Å². The van der Waals surface area contributed by atoms with Crippen LogP contribution in [-0.4, -0.2) is 33.8 Å². The van der Waals surface area contributed by atoms with E-state index in [1.54, 1.807) is 0 Å². The van der Waals surface area contributed by atoms with Crippen LogP contribution in [-0.2, 0) is 0 Å². The lowest BCUT2D eigenvalue weighted by Crippen LogP contribution is -2.44. The zero-order valence-corrected chi connectivity index (χ0v) is 12.3. The Labute approximate surface area is 124 Å². The summed E-state index contributed by atoms with van der Waals surface area (Å²) in [6.07, 6.45) is 5.25. The minimum Gasteiger partial charge on any atom is -0.390 e. The molecule has 1 aromatic rings. The molecule has 1 aliphatic heterocycles. The fourth-order valence-corrected chi connectivity index (χ4v) is 3.98. The molecule has 6 heteroatoms. The maximum atomic E-state index is 10.8. The minimum absolute atomic E-state index is 0.225. The molecule has 2 aliphatic rings. The molecule has 0 radical (unpaired) electrons. The Bertz CT molecular complexity index is 584. The molecule has 3 rings (SSSR count). The Kier molecular flexibility index (Phi) is 3.46. The average Bonchev–Trinajstić information content (AvgIpc) is 2.92. The van der Waals surface area contributed by atoms with Crippen molar-refractivity contribution in [2.45, 2.75) is 38.2 Å². The summed E-state index contributed by atoms with van der Waals surface area (Å²) >= 11 is 0. The Hall–Kier alpha value is -1.87. The van der Waals surface area contributed by atoms with Gasteiger partial charge in [0.05, 0.1) is 5.60 Å². The molecule has 6 nitrogen and oxygen atoms in total. The maximum absolute atomic E-state index is 10.8. The van der Waals surface area contributed by atoms with Gasteiger partial charge in [0.1, 0.15) is 23.8 Å². The van der Waals surface area contributed by atoms with Gasteiger partial charge in [0.25, 0.3) is 0 Å². The first-order valence-electron chi connectivity index (χ1n) is 7.57. The third-order valence-corrected chi connectivity index (χ3v) is 5.20. The van der Waals surface area contributed by atoms with Gasteiger partial charge in [-0.15, -0.1) is 0 Å².